The number of hydrogen-bond donors (Lipinski definition) is 0. The zero-order chi connectivity index (χ0) is 13.8. The largest absolute Gasteiger partial charge is 0.455 e. The van der Waals surface area contributed by atoms with E-state index in [1.807, 2.05) is 0 Å². The molecule has 0 unspecified atom stereocenters. The van der Waals surface area contributed by atoms with E-state index in [1.54, 1.807) is 30.3 Å². The Kier molecular flexibility index (Phi) is 4.24. The van der Waals surface area contributed by atoms with Crippen molar-refractivity contribution in [1.82, 2.24) is 0 Å². The number of hydrogen-bond acceptors (Lipinski definition) is 4. The molecule has 1 aromatic heterocycles. The molecule has 0 aliphatic carbocycles. The highest BCUT2D eigenvalue weighted by Crippen LogP contribution is 2.34. The third-order valence-corrected chi connectivity index (χ3v) is 3.02. The average molecular weight is 298 g/mol. The van der Waals surface area contributed by atoms with E-state index >= 15 is 0 Å². The van der Waals surface area contributed by atoms with Gasteiger partial charge in [-0.1, -0.05) is 34.4 Å². The molecule has 2 rings (SSSR count). The SMILES string of the molecule is CC(=O)O/N=C/c1ccc(-c2cccc(Cl)c2Cl)o1. The van der Waals surface area contributed by atoms with Gasteiger partial charge in [0.2, 0.25) is 0 Å². The Morgan fingerprint density at radius 1 is 1.32 bits per heavy atom. The fraction of sp³-hybridized carbons (Fsp3) is 0.0769. The molecular weight excluding hydrogens is 289 g/mol. The van der Waals surface area contributed by atoms with Crippen LogP contribution < -0.4 is 0 Å². The summed E-state index contributed by atoms with van der Waals surface area (Å²) in [5.74, 6) is 0.491. The van der Waals surface area contributed by atoms with Crippen LogP contribution in [-0.4, -0.2) is 12.2 Å². The molecule has 0 atom stereocenters. The highest BCUT2D eigenvalue weighted by Gasteiger charge is 2.10. The van der Waals surface area contributed by atoms with Crippen LogP contribution >= 0.6 is 23.2 Å². The number of carbonyl (C=O) groups is 1. The van der Waals surface area contributed by atoms with Crippen LogP contribution in [0.5, 0.6) is 0 Å². The lowest BCUT2D eigenvalue weighted by molar-refractivity contribution is -0.140. The van der Waals surface area contributed by atoms with Gasteiger partial charge >= 0.3 is 5.97 Å². The maximum atomic E-state index is 10.5. The van der Waals surface area contributed by atoms with E-state index in [0.29, 0.717) is 27.1 Å². The van der Waals surface area contributed by atoms with Crippen molar-refractivity contribution in [2.24, 2.45) is 5.16 Å². The van der Waals surface area contributed by atoms with Crippen LogP contribution in [0.2, 0.25) is 10.0 Å². The highest BCUT2D eigenvalue weighted by molar-refractivity contribution is 6.43. The van der Waals surface area contributed by atoms with E-state index in [9.17, 15) is 4.79 Å². The molecule has 0 saturated heterocycles. The van der Waals surface area contributed by atoms with E-state index in [-0.39, 0.29) is 0 Å². The molecule has 4 nitrogen and oxygen atoms in total. The first kappa shape index (κ1) is 13.6. The molecule has 0 radical (unpaired) electrons. The molecule has 6 heteroatoms. The Labute approximate surface area is 119 Å². The Balaban J connectivity index is 2.23. The molecule has 0 N–H and O–H groups in total. The molecule has 98 valence electrons. The first-order valence-corrected chi connectivity index (χ1v) is 6.08. The molecule has 0 aliphatic heterocycles. The molecular formula is C13H9Cl2NO3. The molecule has 2 aromatic rings. The van der Waals surface area contributed by atoms with Crippen molar-refractivity contribution >= 4 is 35.4 Å². The number of rotatable bonds is 3. The van der Waals surface area contributed by atoms with Crippen LogP contribution in [0.25, 0.3) is 11.3 Å². The summed E-state index contributed by atoms with van der Waals surface area (Å²) >= 11 is 12.0. The lowest BCUT2D eigenvalue weighted by Gasteiger charge is -2.01. The minimum atomic E-state index is -0.499. The molecule has 0 saturated carbocycles. The normalized spacial score (nSPS) is 10.9. The molecule has 0 amide bonds. The third kappa shape index (κ3) is 3.36. The third-order valence-electron chi connectivity index (χ3n) is 2.21. The van der Waals surface area contributed by atoms with Gasteiger partial charge in [0, 0.05) is 12.5 Å². The van der Waals surface area contributed by atoms with Crippen molar-refractivity contribution < 1.29 is 14.0 Å². The zero-order valence-electron chi connectivity index (χ0n) is 9.89. The molecule has 19 heavy (non-hydrogen) atoms. The molecule has 0 aliphatic rings. The molecule has 1 heterocycles. The zero-order valence-corrected chi connectivity index (χ0v) is 11.4. The second-order valence-electron chi connectivity index (χ2n) is 3.62. The first-order valence-electron chi connectivity index (χ1n) is 5.33. The second-order valence-corrected chi connectivity index (χ2v) is 4.41. The number of oxime groups is 1. The van der Waals surface area contributed by atoms with E-state index in [2.05, 4.69) is 9.99 Å². The lowest BCUT2D eigenvalue weighted by atomic mass is 10.2. The number of benzene rings is 1. The van der Waals surface area contributed by atoms with Crippen LogP contribution in [0, 0.1) is 0 Å². The molecule has 0 spiro atoms. The molecule has 0 bridgehead atoms. The summed E-state index contributed by atoms with van der Waals surface area (Å²) in [5.41, 5.74) is 0.682. The number of furan rings is 1. The van der Waals surface area contributed by atoms with Gasteiger partial charge in [0.1, 0.15) is 17.7 Å². The van der Waals surface area contributed by atoms with E-state index in [4.69, 9.17) is 27.6 Å². The summed E-state index contributed by atoms with van der Waals surface area (Å²) in [5, 5.41) is 4.33. The summed E-state index contributed by atoms with van der Waals surface area (Å²) in [6, 6.07) is 8.67. The number of nitrogens with zero attached hydrogens (tertiary/aromatic N) is 1. The quantitative estimate of drug-likeness (QED) is 0.486. The summed E-state index contributed by atoms with van der Waals surface area (Å²) < 4.78 is 5.50. The van der Waals surface area contributed by atoms with Crippen LogP contribution in [0.3, 0.4) is 0 Å². The number of carbonyl (C=O) groups excluding carboxylic acids is 1. The Morgan fingerprint density at radius 2 is 2.11 bits per heavy atom. The Bertz CT molecular complexity index is 635. The van der Waals surface area contributed by atoms with Gasteiger partial charge in [-0.2, -0.15) is 0 Å². The molecule has 1 aromatic carbocycles. The lowest BCUT2D eigenvalue weighted by Crippen LogP contribution is -1.90. The van der Waals surface area contributed by atoms with Gasteiger partial charge in [-0.05, 0) is 24.3 Å². The second kappa shape index (κ2) is 5.91. The van der Waals surface area contributed by atoms with Crippen LogP contribution in [0.4, 0.5) is 0 Å². The van der Waals surface area contributed by atoms with Gasteiger partial charge in [-0.25, -0.2) is 4.79 Å². The summed E-state index contributed by atoms with van der Waals surface area (Å²) in [6.45, 7) is 1.26. The van der Waals surface area contributed by atoms with Gasteiger partial charge in [-0.15, -0.1) is 0 Å². The topological polar surface area (TPSA) is 51.8 Å². The maximum Gasteiger partial charge on any atom is 0.331 e. The Morgan fingerprint density at radius 3 is 2.84 bits per heavy atom. The highest BCUT2D eigenvalue weighted by atomic mass is 35.5. The summed E-state index contributed by atoms with van der Waals surface area (Å²) in [7, 11) is 0. The van der Waals surface area contributed by atoms with E-state index in [0.717, 1.165) is 0 Å². The monoisotopic (exact) mass is 297 g/mol. The van der Waals surface area contributed by atoms with Crippen LogP contribution in [0.1, 0.15) is 12.7 Å². The smallest absolute Gasteiger partial charge is 0.331 e. The maximum absolute atomic E-state index is 10.5. The fourth-order valence-electron chi connectivity index (χ4n) is 1.41. The summed E-state index contributed by atoms with van der Waals surface area (Å²) in [6.07, 6.45) is 1.29. The number of halogens is 2. The fourth-order valence-corrected chi connectivity index (χ4v) is 1.81. The van der Waals surface area contributed by atoms with Gasteiger partial charge in [-0.3, -0.25) is 0 Å². The first-order chi connectivity index (χ1) is 9.08. The van der Waals surface area contributed by atoms with Crippen molar-refractivity contribution in [3.8, 4) is 11.3 Å². The minimum Gasteiger partial charge on any atom is -0.455 e. The van der Waals surface area contributed by atoms with Gasteiger partial charge in [0.25, 0.3) is 0 Å². The van der Waals surface area contributed by atoms with Crippen molar-refractivity contribution in [2.75, 3.05) is 0 Å². The van der Waals surface area contributed by atoms with Crippen molar-refractivity contribution in [3.05, 3.63) is 46.1 Å². The van der Waals surface area contributed by atoms with Gasteiger partial charge in [0.05, 0.1) is 10.0 Å². The predicted molar refractivity (Wildman–Crippen MR) is 73.5 cm³/mol. The van der Waals surface area contributed by atoms with Crippen molar-refractivity contribution in [3.63, 3.8) is 0 Å². The Hall–Kier alpha value is -1.78. The average Bonchev–Trinajstić information content (AvgIpc) is 2.81. The van der Waals surface area contributed by atoms with E-state index in [1.165, 1.54) is 13.1 Å². The minimum absolute atomic E-state index is 0.419. The van der Waals surface area contributed by atoms with Crippen molar-refractivity contribution in [2.45, 2.75) is 6.92 Å². The van der Waals surface area contributed by atoms with Crippen molar-refractivity contribution in [1.29, 1.82) is 0 Å². The summed E-state index contributed by atoms with van der Waals surface area (Å²) in [4.78, 5) is 15.0. The predicted octanol–water partition coefficient (Wildman–Crippen LogP) is 4.15. The van der Waals surface area contributed by atoms with Gasteiger partial charge in [0.15, 0.2) is 0 Å². The standard InChI is InChI=1S/C13H9Cl2NO3/c1-8(17)19-16-7-9-5-6-12(18-9)10-3-2-4-11(14)13(10)15/h2-7H,1H3/b16-7+. The van der Waals surface area contributed by atoms with Crippen LogP contribution in [-0.2, 0) is 9.63 Å². The van der Waals surface area contributed by atoms with E-state index < -0.39 is 5.97 Å². The van der Waals surface area contributed by atoms with Crippen LogP contribution in [0.15, 0.2) is 39.9 Å². The van der Waals surface area contributed by atoms with Gasteiger partial charge < -0.3 is 9.25 Å². The molecule has 0 fully saturated rings.